The Balaban J connectivity index is 2.22. The van der Waals surface area contributed by atoms with Crippen molar-refractivity contribution in [2.75, 3.05) is 24.6 Å². The average Bonchev–Trinajstić information content (AvgIpc) is 2.25. The summed E-state index contributed by atoms with van der Waals surface area (Å²) in [6, 6.07) is 2.42. The zero-order valence-electron chi connectivity index (χ0n) is 11.2. The van der Waals surface area contributed by atoms with Crippen LogP contribution >= 0.6 is 0 Å². The molecule has 0 bridgehead atoms. The van der Waals surface area contributed by atoms with Gasteiger partial charge in [0.1, 0.15) is 0 Å². The van der Waals surface area contributed by atoms with E-state index in [1.807, 2.05) is 19.9 Å². The lowest BCUT2D eigenvalue weighted by atomic mass is 9.91. The molecule has 2 rings (SSSR count). The number of ether oxygens (including phenoxy) is 1. The second-order valence-electron chi connectivity index (χ2n) is 4.65. The van der Waals surface area contributed by atoms with Gasteiger partial charge in [-0.15, -0.1) is 0 Å². The number of aromatic nitrogens is 2. The van der Waals surface area contributed by atoms with Crippen LogP contribution < -0.4 is 15.4 Å². The third kappa shape index (κ3) is 2.90. The van der Waals surface area contributed by atoms with Gasteiger partial charge in [-0.05, 0) is 33.1 Å². The highest BCUT2D eigenvalue weighted by Crippen LogP contribution is 2.28. The molecular weight excluding hydrogens is 228 g/mol. The summed E-state index contributed by atoms with van der Waals surface area (Å²) in [6.45, 7) is 5.98. The van der Waals surface area contributed by atoms with Gasteiger partial charge in [0, 0.05) is 30.9 Å². The van der Waals surface area contributed by atoms with Gasteiger partial charge in [-0.1, -0.05) is 0 Å². The zero-order valence-corrected chi connectivity index (χ0v) is 11.2. The normalized spacial score (nSPS) is 15.3. The summed E-state index contributed by atoms with van der Waals surface area (Å²) < 4.78 is 5.48. The van der Waals surface area contributed by atoms with Crippen molar-refractivity contribution >= 4 is 5.95 Å². The van der Waals surface area contributed by atoms with Gasteiger partial charge in [-0.3, -0.25) is 0 Å². The minimum atomic E-state index is 0.546. The van der Waals surface area contributed by atoms with Gasteiger partial charge < -0.3 is 15.4 Å². The maximum absolute atomic E-state index is 5.69. The molecule has 1 aromatic rings. The fourth-order valence-corrected chi connectivity index (χ4v) is 2.16. The van der Waals surface area contributed by atoms with E-state index in [9.17, 15) is 0 Å². The lowest BCUT2D eigenvalue weighted by molar-refractivity contribution is 0.324. The monoisotopic (exact) mass is 250 g/mol. The number of hydrogen-bond acceptors (Lipinski definition) is 5. The second kappa shape index (κ2) is 6.00. The molecule has 0 aliphatic heterocycles. The molecule has 1 saturated carbocycles. The van der Waals surface area contributed by atoms with Crippen LogP contribution in [0.5, 0.6) is 5.88 Å². The highest BCUT2D eigenvalue weighted by atomic mass is 16.5. The summed E-state index contributed by atoms with van der Waals surface area (Å²) in [7, 11) is 0. The smallest absolute Gasteiger partial charge is 0.229 e. The molecule has 1 aliphatic rings. The van der Waals surface area contributed by atoms with Crippen LogP contribution in [0, 0.1) is 6.92 Å². The first-order valence-electron chi connectivity index (χ1n) is 6.69. The van der Waals surface area contributed by atoms with Crippen molar-refractivity contribution in [2.45, 2.75) is 39.2 Å². The predicted octanol–water partition coefficient (Wildman–Crippen LogP) is 1.50. The van der Waals surface area contributed by atoms with Crippen LogP contribution in [0.2, 0.25) is 0 Å². The molecule has 2 N–H and O–H groups in total. The van der Waals surface area contributed by atoms with Gasteiger partial charge in [0.05, 0.1) is 6.61 Å². The molecular formula is C13H22N4O. The van der Waals surface area contributed by atoms with Crippen LogP contribution in [0.1, 0.15) is 31.9 Å². The van der Waals surface area contributed by atoms with Crippen molar-refractivity contribution in [1.82, 2.24) is 9.97 Å². The molecule has 5 heteroatoms. The SMILES string of the molecule is CCOc1cc(C)nc(N(CCN)C2CCC2)n1. The van der Waals surface area contributed by atoms with Gasteiger partial charge in [0.25, 0.3) is 0 Å². The molecule has 1 aliphatic carbocycles. The number of anilines is 1. The van der Waals surface area contributed by atoms with Crippen LogP contribution in [0.25, 0.3) is 0 Å². The van der Waals surface area contributed by atoms with Gasteiger partial charge in [-0.2, -0.15) is 4.98 Å². The lowest BCUT2D eigenvalue weighted by Crippen LogP contribution is -2.44. The zero-order chi connectivity index (χ0) is 13.0. The fourth-order valence-electron chi connectivity index (χ4n) is 2.16. The first-order valence-corrected chi connectivity index (χ1v) is 6.69. The van der Waals surface area contributed by atoms with E-state index in [0.717, 1.165) is 18.2 Å². The molecule has 1 fully saturated rings. The third-order valence-corrected chi connectivity index (χ3v) is 3.25. The number of nitrogens with zero attached hydrogens (tertiary/aromatic N) is 3. The standard InChI is InChI=1S/C13H22N4O/c1-3-18-12-9-10(2)15-13(16-12)17(8-7-14)11-5-4-6-11/h9,11H,3-8,14H2,1-2H3. The van der Waals surface area contributed by atoms with E-state index in [-0.39, 0.29) is 0 Å². The minimum Gasteiger partial charge on any atom is -0.478 e. The van der Waals surface area contributed by atoms with Crippen molar-refractivity contribution in [3.63, 3.8) is 0 Å². The van der Waals surface area contributed by atoms with Crippen molar-refractivity contribution in [2.24, 2.45) is 5.73 Å². The summed E-state index contributed by atoms with van der Waals surface area (Å²) in [6.07, 6.45) is 3.71. The van der Waals surface area contributed by atoms with Crippen molar-refractivity contribution in [3.05, 3.63) is 11.8 Å². The Morgan fingerprint density at radius 1 is 1.44 bits per heavy atom. The quantitative estimate of drug-likeness (QED) is 0.829. The molecule has 1 heterocycles. The lowest BCUT2D eigenvalue weighted by Gasteiger charge is -2.37. The number of hydrogen-bond donors (Lipinski definition) is 1. The van der Waals surface area contributed by atoms with Crippen LogP contribution in [0.15, 0.2) is 6.07 Å². The maximum Gasteiger partial charge on any atom is 0.229 e. The Morgan fingerprint density at radius 3 is 2.78 bits per heavy atom. The molecule has 0 spiro atoms. The number of aryl methyl sites for hydroxylation is 1. The number of nitrogens with two attached hydrogens (primary N) is 1. The molecule has 0 saturated heterocycles. The van der Waals surface area contributed by atoms with Gasteiger partial charge in [0.15, 0.2) is 0 Å². The first kappa shape index (κ1) is 13.1. The molecule has 0 atom stereocenters. The van der Waals surface area contributed by atoms with Gasteiger partial charge in [0.2, 0.25) is 11.8 Å². The van der Waals surface area contributed by atoms with E-state index >= 15 is 0 Å². The Morgan fingerprint density at radius 2 is 2.22 bits per heavy atom. The molecule has 1 aromatic heterocycles. The third-order valence-electron chi connectivity index (χ3n) is 3.25. The van der Waals surface area contributed by atoms with Crippen molar-refractivity contribution in [1.29, 1.82) is 0 Å². The van der Waals surface area contributed by atoms with Crippen LogP contribution in [-0.4, -0.2) is 35.7 Å². The molecule has 0 radical (unpaired) electrons. The summed E-state index contributed by atoms with van der Waals surface area (Å²) in [5, 5.41) is 0. The van der Waals surface area contributed by atoms with E-state index in [4.69, 9.17) is 10.5 Å². The number of rotatable bonds is 6. The van der Waals surface area contributed by atoms with Crippen LogP contribution in [0.3, 0.4) is 0 Å². The molecule has 0 amide bonds. The van der Waals surface area contributed by atoms with E-state index < -0.39 is 0 Å². The summed E-state index contributed by atoms with van der Waals surface area (Å²) in [5.41, 5.74) is 6.62. The Labute approximate surface area is 108 Å². The van der Waals surface area contributed by atoms with E-state index in [1.165, 1.54) is 19.3 Å². The highest BCUT2D eigenvalue weighted by molar-refractivity contribution is 5.36. The summed E-state index contributed by atoms with van der Waals surface area (Å²) in [4.78, 5) is 11.2. The summed E-state index contributed by atoms with van der Waals surface area (Å²) in [5.74, 6) is 1.41. The largest absolute Gasteiger partial charge is 0.478 e. The fraction of sp³-hybridized carbons (Fsp3) is 0.692. The van der Waals surface area contributed by atoms with Crippen molar-refractivity contribution in [3.8, 4) is 5.88 Å². The second-order valence-corrected chi connectivity index (χ2v) is 4.65. The van der Waals surface area contributed by atoms with Gasteiger partial charge in [-0.25, -0.2) is 4.98 Å². The average molecular weight is 250 g/mol. The van der Waals surface area contributed by atoms with Crippen molar-refractivity contribution < 1.29 is 4.74 Å². The van der Waals surface area contributed by atoms with E-state index in [2.05, 4.69) is 14.9 Å². The Bertz CT molecular complexity index is 393. The Kier molecular flexibility index (Phi) is 4.36. The predicted molar refractivity (Wildman–Crippen MR) is 72.0 cm³/mol. The molecule has 5 nitrogen and oxygen atoms in total. The molecule has 0 aromatic carbocycles. The topological polar surface area (TPSA) is 64.3 Å². The Hall–Kier alpha value is -1.36. The van der Waals surface area contributed by atoms with Crippen LogP contribution in [-0.2, 0) is 0 Å². The minimum absolute atomic E-state index is 0.546. The maximum atomic E-state index is 5.69. The molecule has 100 valence electrons. The van der Waals surface area contributed by atoms with E-state index in [0.29, 0.717) is 25.1 Å². The summed E-state index contributed by atoms with van der Waals surface area (Å²) >= 11 is 0. The highest BCUT2D eigenvalue weighted by Gasteiger charge is 2.26. The van der Waals surface area contributed by atoms with Crippen LogP contribution in [0.4, 0.5) is 5.95 Å². The van der Waals surface area contributed by atoms with E-state index in [1.54, 1.807) is 0 Å². The molecule has 18 heavy (non-hydrogen) atoms. The molecule has 0 unspecified atom stereocenters. The first-order chi connectivity index (χ1) is 8.74. The van der Waals surface area contributed by atoms with Gasteiger partial charge >= 0.3 is 0 Å².